The molecule has 9 heteroatoms. The number of ether oxygens (including phenoxy) is 2. The van der Waals surface area contributed by atoms with Crippen LogP contribution in [0.15, 0.2) is 0 Å². The summed E-state index contributed by atoms with van der Waals surface area (Å²) in [6.07, 6.45) is -6.37. The third-order valence-corrected chi connectivity index (χ3v) is 3.20. The molecule has 0 aromatic heterocycles. The lowest BCUT2D eigenvalue weighted by atomic mass is 9.89. The molecule has 0 radical (unpaired) electrons. The summed E-state index contributed by atoms with van der Waals surface area (Å²) in [4.78, 5) is 11.2. The van der Waals surface area contributed by atoms with Crippen LogP contribution in [0.25, 0.3) is 0 Å². The van der Waals surface area contributed by atoms with Gasteiger partial charge in [-0.2, -0.15) is 0 Å². The first-order chi connectivity index (χ1) is 8.79. The molecule has 1 aliphatic rings. The van der Waals surface area contributed by atoms with Crippen molar-refractivity contribution in [3.05, 3.63) is 0 Å². The van der Waals surface area contributed by atoms with Crippen molar-refractivity contribution < 1.29 is 39.8 Å². The van der Waals surface area contributed by atoms with Crippen LogP contribution in [-0.4, -0.2) is 81.5 Å². The second-order valence-electron chi connectivity index (χ2n) is 4.43. The van der Waals surface area contributed by atoms with E-state index < -0.39 is 55.2 Å². The third kappa shape index (κ3) is 3.03. The molecule has 6 atom stereocenters. The summed E-state index contributed by atoms with van der Waals surface area (Å²) in [5.74, 6) is -3.65. The van der Waals surface area contributed by atoms with Crippen molar-refractivity contribution in [2.24, 2.45) is 5.73 Å². The summed E-state index contributed by atoms with van der Waals surface area (Å²) in [5.41, 5.74) is 5.62. The van der Waals surface area contributed by atoms with E-state index in [1.54, 1.807) is 0 Å². The van der Waals surface area contributed by atoms with Crippen LogP contribution in [0.2, 0.25) is 0 Å². The van der Waals surface area contributed by atoms with Crippen LogP contribution in [0, 0.1) is 0 Å². The molecule has 0 amide bonds. The lowest BCUT2D eigenvalue weighted by Gasteiger charge is -2.44. The zero-order valence-corrected chi connectivity index (χ0v) is 10.3. The largest absolute Gasteiger partial charge is 0.477 e. The van der Waals surface area contributed by atoms with Gasteiger partial charge in [0.1, 0.15) is 18.3 Å². The van der Waals surface area contributed by atoms with E-state index in [4.69, 9.17) is 25.4 Å². The van der Waals surface area contributed by atoms with Crippen LogP contribution in [0.3, 0.4) is 0 Å². The van der Waals surface area contributed by atoms with Gasteiger partial charge < -0.3 is 40.7 Å². The maximum Gasteiger partial charge on any atom is 0.364 e. The molecule has 0 aliphatic carbocycles. The molecule has 2 unspecified atom stereocenters. The summed E-state index contributed by atoms with van der Waals surface area (Å²) in [6, 6.07) is -1.13. The summed E-state index contributed by atoms with van der Waals surface area (Å²) in [6.45, 7) is -0.767. The van der Waals surface area contributed by atoms with Crippen LogP contribution in [0.5, 0.6) is 0 Å². The fourth-order valence-electron chi connectivity index (χ4n) is 1.96. The van der Waals surface area contributed by atoms with Crippen molar-refractivity contribution >= 4 is 5.97 Å². The molecule has 1 rings (SSSR count). The lowest BCUT2D eigenvalue weighted by Crippen LogP contribution is -2.66. The average Bonchev–Trinajstić information content (AvgIpc) is 2.39. The SMILES string of the molecule is CO[C@]1(C(=O)O)CC(O)[C@@H](N)C([C@H](O)[C@H](O)CO)O1. The highest BCUT2D eigenvalue weighted by molar-refractivity contribution is 5.76. The third-order valence-electron chi connectivity index (χ3n) is 3.20. The molecule has 112 valence electrons. The molecule has 0 aromatic carbocycles. The number of nitrogens with two attached hydrogens (primary N) is 1. The van der Waals surface area contributed by atoms with E-state index in [0.717, 1.165) is 7.11 Å². The Balaban J connectivity index is 2.99. The van der Waals surface area contributed by atoms with Gasteiger partial charge >= 0.3 is 5.97 Å². The molecule has 1 heterocycles. The minimum atomic E-state index is -2.16. The van der Waals surface area contributed by atoms with Crippen LogP contribution >= 0.6 is 0 Å². The Hall–Kier alpha value is -0.810. The monoisotopic (exact) mass is 281 g/mol. The van der Waals surface area contributed by atoms with Crippen molar-refractivity contribution in [3.8, 4) is 0 Å². The van der Waals surface area contributed by atoms with Gasteiger partial charge in [0.2, 0.25) is 0 Å². The van der Waals surface area contributed by atoms with Gasteiger partial charge in [-0.25, -0.2) is 4.79 Å². The number of hydrogen-bond acceptors (Lipinski definition) is 8. The van der Waals surface area contributed by atoms with Gasteiger partial charge in [-0.15, -0.1) is 0 Å². The molecule has 0 spiro atoms. The quantitative estimate of drug-likeness (QED) is 0.301. The number of rotatable bonds is 5. The number of methoxy groups -OCH3 is 1. The molecule has 1 saturated heterocycles. The number of aliphatic hydroxyl groups excluding tert-OH is 4. The highest BCUT2D eigenvalue weighted by Crippen LogP contribution is 2.31. The van der Waals surface area contributed by atoms with E-state index in [1.807, 2.05) is 0 Å². The van der Waals surface area contributed by atoms with Crippen molar-refractivity contribution in [2.75, 3.05) is 13.7 Å². The minimum absolute atomic E-state index is 0.418. The highest BCUT2D eigenvalue weighted by atomic mass is 16.7. The van der Waals surface area contributed by atoms with Gasteiger partial charge in [0, 0.05) is 13.5 Å². The topological polar surface area (TPSA) is 163 Å². The van der Waals surface area contributed by atoms with Gasteiger partial charge in [-0.05, 0) is 0 Å². The van der Waals surface area contributed by atoms with Crippen LogP contribution in [-0.2, 0) is 14.3 Å². The predicted molar refractivity (Wildman–Crippen MR) is 59.9 cm³/mol. The molecule has 1 fully saturated rings. The van der Waals surface area contributed by atoms with E-state index in [1.165, 1.54) is 0 Å². The number of carboxylic acids is 1. The fraction of sp³-hybridized carbons (Fsp3) is 0.900. The molecule has 9 nitrogen and oxygen atoms in total. The highest BCUT2D eigenvalue weighted by Gasteiger charge is 2.53. The summed E-state index contributed by atoms with van der Waals surface area (Å²) >= 11 is 0. The zero-order chi connectivity index (χ0) is 14.8. The first-order valence-corrected chi connectivity index (χ1v) is 5.66. The second kappa shape index (κ2) is 6.09. The van der Waals surface area contributed by atoms with Crippen molar-refractivity contribution in [2.45, 2.75) is 42.7 Å². The van der Waals surface area contributed by atoms with E-state index in [-0.39, 0.29) is 0 Å². The molecule has 0 saturated carbocycles. The number of aliphatic carboxylic acids is 1. The Kier molecular flexibility index (Phi) is 5.21. The molecular formula is C10H19NO8. The van der Waals surface area contributed by atoms with Gasteiger partial charge in [0.15, 0.2) is 0 Å². The summed E-state index contributed by atoms with van der Waals surface area (Å²) in [7, 11) is 1.07. The second-order valence-corrected chi connectivity index (χ2v) is 4.43. The minimum Gasteiger partial charge on any atom is -0.477 e. The van der Waals surface area contributed by atoms with E-state index in [9.17, 15) is 20.1 Å². The van der Waals surface area contributed by atoms with Crippen LogP contribution in [0.1, 0.15) is 6.42 Å². The Morgan fingerprint density at radius 3 is 2.58 bits per heavy atom. The van der Waals surface area contributed by atoms with Gasteiger partial charge in [-0.1, -0.05) is 0 Å². The molecule has 0 aromatic rings. The number of aliphatic hydroxyl groups is 4. The van der Waals surface area contributed by atoms with Gasteiger partial charge in [-0.3, -0.25) is 0 Å². The normalized spacial score (nSPS) is 38.7. The van der Waals surface area contributed by atoms with Crippen molar-refractivity contribution in [3.63, 3.8) is 0 Å². The standard InChI is InChI=1S/C10H19NO8/c1-18-10(9(16)17)2-4(13)6(11)8(19-10)7(15)5(14)3-12/h4-8,12-15H,2-3,11H2,1H3,(H,16,17)/t4?,5-,6-,7-,8?,10-/m1/s1. The average molecular weight is 281 g/mol. The first kappa shape index (κ1) is 16.2. The van der Waals surface area contributed by atoms with Crippen LogP contribution in [0.4, 0.5) is 0 Å². The molecule has 1 aliphatic heterocycles. The smallest absolute Gasteiger partial charge is 0.364 e. The molecule has 7 N–H and O–H groups in total. The summed E-state index contributed by atoms with van der Waals surface area (Å²) in [5, 5.41) is 46.7. The molecule has 19 heavy (non-hydrogen) atoms. The Bertz CT molecular complexity index is 327. The summed E-state index contributed by atoms with van der Waals surface area (Å²) < 4.78 is 9.88. The van der Waals surface area contributed by atoms with Crippen LogP contribution < -0.4 is 5.73 Å². The fourth-order valence-corrected chi connectivity index (χ4v) is 1.96. The Morgan fingerprint density at radius 1 is 1.58 bits per heavy atom. The predicted octanol–water partition coefficient (Wildman–Crippen LogP) is -3.40. The first-order valence-electron chi connectivity index (χ1n) is 5.66. The zero-order valence-electron chi connectivity index (χ0n) is 10.3. The van der Waals surface area contributed by atoms with Gasteiger partial charge in [0.25, 0.3) is 5.79 Å². The molecular weight excluding hydrogens is 262 g/mol. The number of carboxylic acid groups (broad SMARTS) is 1. The Morgan fingerprint density at radius 2 is 2.16 bits per heavy atom. The maximum atomic E-state index is 11.2. The van der Waals surface area contributed by atoms with E-state index in [2.05, 4.69) is 0 Å². The van der Waals surface area contributed by atoms with E-state index in [0.29, 0.717) is 0 Å². The van der Waals surface area contributed by atoms with Crippen molar-refractivity contribution in [1.29, 1.82) is 0 Å². The maximum absolute atomic E-state index is 11.2. The van der Waals surface area contributed by atoms with Gasteiger partial charge in [0.05, 0.1) is 18.8 Å². The molecule has 0 bridgehead atoms. The van der Waals surface area contributed by atoms with Crippen molar-refractivity contribution in [1.82, 2.24) is 0 Å². The lowest BCUT2D eigenvalue weighted by molar-refractivity contribution is -0.301. The number of hydrogen-bond donors (Lipinski definition) is 6. The Labute approximate surface area is 109 Å². The number of carbonyl (C=O) groups is 1. The van der Waals surface area contributed by atoms with E-state index >= 15 is 0 Å².